The highest BCUT2D eigenvalue weighted by Gasteiger charge is 2.11. The molecule has 0 spiro atoms. The molecule has 4 heteroatoms. The van der Waals surface area contributed by atoms with Crippen LogP contribution in [0.4, 0.5) is 0 Å². The summed E-state index contributed by atoms with van der Waals surface area (Å²) in [4.78, 5) is 13.5. The summed E-state index contributed by atoms with van der Waals surface area (Å²) in [5, 5.41) is 9.10. The lowest BCUT2D eigenvalue weighted by Crippen LogP contribution is -2.27. The van der Waals surface area contributed by atoms with E-state index in [1.54, 1.807) is 19.1 Å². The molecule has 0 aliphatic carbocycles. The van der Waals surface area contributed by atoms with Gasteiger partial charge in [-0.05, 0) is 32.0 Å². The number of aliphatic hydroxyl groups is 1. The smallest absolute Gasteiger partial charge is 0.159 e. The number of ether oxygens (including phenoxy) is 1. The Labute approximate surface area is 120 Å². The molecule has 0 unspecified atom stereocenters. The van der Waals surface area contributed by atoms with Gasteiger partial charge in [0.2, 0.25) is 0 Å². The van der Waals surface area contributed by atoms with Crippen molar-refractivity contribution in [3.8, 4) is 5.75 Å². The Morgan fingerprint density at radius 3 is 2.80 bits per heavy atom. The molecule has 0 bridgehead atoms. The molecule has 1 rings (SSSR count). The van der Waals surface area contributed by atoms with Crippen molar-refractivity contribution < 1.29 is 14.6 Å². The van der Waals surface area contributed by atoms with Gasteiger partial charge in [-0.25, -0.2) is 0 Å². The fourth-order valence-corrected chi connectivity index (χ4v) is 2.02. The van der Waals surface area contributed by atoms with Gasteiger partial charge in [-0.1, -0.05) is 6.08 Å². The number of nitrogens with zero attached hydrogens (tertiary/aromatic N) is 1. The van der Waals surface area contributed by atoms with E-state index >= 15 is 0 Å². The van der Waals surface area contributed by atoms with Crippen LogP contribution in [0.3, 0.4) is 0 Å². The third-order valence-electron chi connectivity index (χ3n) is 2.96. The summed E-state index contributed by atoms with van der Waals surface area (Å²) < 4.78 is 5.60. The van der Waals surface area contributed by atoms with E-state index in [9.17, 15) is 4.79 Å². The third-order valence-corrected chi connectivity index (χ3v) is 2.96. The predicted molar refractivity (Wildman–Crippen MR) is 80.2 cm³/mol. The van der Waals surface area contributed by atoms with Gasteiger partial charge in [0.25, 0.3) is 0 Å². The molecule has 1 N–H and O–H groups in total. The van der Waals surface area contributed by atoms with Crippen molar-refractivity contribution in [1.82, 2.24) is 4.90 Å². The summed E-state index contributed by atoms with van der Waals surface area (Å²) in [6.07, 6.45) is 1.80. The number of hydrogen-bond acceptors (Lipinski definition) is 4. The van der Waals surface area contributed by atoms with E-state index in [1.807, 2.05) is 19.1 Å². The third kappa shape index (κ3) is 4.79. The van der Waals surface area contributed by atoms with Crippen LogP contribution in [-0.4, -0.2) is 42.1 Å². The van der Waals surface area contributed by atoms with Gasteiger partial charge in [0.05, 0.1) is 13.2 Å². The minimum absolute atomic E-state index is 0.0340. The van der Waals surface area contributed by atoms with E-state index in [0.717, 1.165) is 11.3 Å². The van der Waals surface area contributed by atoms with E-state index in [4.69, 9.17) is 9.84 Å². The maximum atomic E-state index is 11.5. The van der Waals surface area contributed by atoms with Gasteiger partial charge in [-0.2, -0.15) is 0 Å². The van der Waals surface area contributed by atoms with Gasteiger partial charge in [-0.15, -0.1) is 6.58 Å². The van der Waals surface area contributed by atoms with Gasteiger partial charge < -0.3 is 9.84 Å². The molecule has 0 aromatic heterocycles. The Kier molecular flexibility index (Phi) is 6.98. The highest BCUT2D eigenvalue weighted by molar-refractivity contribution is 5.94. The number of aliphatic hydroxyl groups excluding tert-OH is 1. The van der Waals surface area contributed by atoms with Crippen LogP contribution in [-0.2, 0) is 6.54 Å². The number of hydrogen-bond donors (Lipinski definition) is 1. The number of rotatable bonds is 9. The van der Waals surface area contributed by atoms with Crippen molar-refractivity contribution in [2.45, 2.75) is 20.4 Å². The average Bonchev–Trinajstić information content (AvgIpc) is 2.41. The van der Waals surface area contributed by atoms with E-state index in [1.165, 1.54) is 0 Å². The summed E-state index contributed by atoms with van der Waals surface area (Å²) in [5.41, 5.74) is 1.63. The molecule has 0 saturated heterocycles. The van der Waals surface area contributed by atoms with Crippen LogP contribution < -0.4 is 4.74 Å². The molecular weight excluding hydrogens is 254 g/mol. The maximum absolute atomic E-state index is 11.5. The van der Waals surface area contributed by atoms with Crippen molar-refractivity contribution >= 4 is 5.78 Å². The SMILES string of the molecule is C=CCN(CCO)Cc1cc(C(C)=O)ccc1OCC. The first-order valence-electron chi connectivity index (χ1n) is 6.83. The quantitative estimate of drug-likeness (QED) is 0.555. The van der Waals surface area contributed by atoms with Gasteiger partial charge in [0.1, 0.15) is 5.75 Å². The van der Waals surface area contributed by atoms with Crippen LogP contribution in [0.25, 0.3) is 0 Å². The second-order valence-corrected chi connectivity index (χ2v) is 4.56. The molecule has 0 amide bonds. The zero-order valence-electron chi connectivity index (χ0n) is 12.3. The zero-order chi connectivity index (χ0) is 15.0. The van der Waals surface area contributed by atoms with E-state index in [-0.39, 0.29) is 12.4 Å². The van der Waals surface area contributed by atoms with Gasteiger partial charge in [0.15, 0.2) is 5.78 Å². The Morgan fingerprint density at radius 1 is 1.50 bits per heavy atom. The normalized spacial score (nSPS) is 10.6. The molecule has 20 heavy (non-hydrogen) atoms. The molecule has 0 radical (unpaired) electrons. The van der Waals surface area contributed by atoms with Crippen molar-refractivity contribution in [1.29, 1.82) is 0 Å². The molecule has 0 heterocycles. The zero-order valence-corrected chi connectivity index (χ0v) is 12.3. The first kappa shape index (κ1) is 16.4. The molecule has 4 nitrogen and oxygen atoms in total. The molecule has 1 aromatic rings. The Balaban J connectivity index is 3.00. The summed E-state index contributed by atoms with van der Waals surface area (Å²) in [6, 6.07) is 5.47. The van der Waals surface area contributed by atoms with E-state index in [2.05, 4.69) is 11.5 Å². The minimum Gasteiger partial charge on any atom is -0.494 e. The van der Waals surface area contributed by atoms with Gasteiger partial charge >= 0.3 is 0 Å². The number of benzene rings is 1. The predicted octanol–water partition coefficient (Wildman–Crippen LogP) is 2.27. The van der Waals surface area contributed by atoms with Crippen molar-refractivity contribution in [3.05, 3.63) is 42.0 Å². The monoisotopic (exact) mass is 277 g/mol. The molecular formula is C16H23NO3. The summed E-state index contributed by atoms with van der Waals surface area (Å²) in [5.74, 6) is 0.816. The molecule has 0 saturated carbocycles. The molecule has 0 aliphatic heterocycles. The number of carbonyl (C=O) groups excluding carboxylic acids is 1. The summed E-state index contributed by atoms with van der Waals surface area (Å²) in [6.45, 7) is 9.71. The first-order valence-corrected chi connectivity index (χ1v) is 6.83. The van der Waals surface area contributed by atoms with Crippen molar-refractivity contribution in [2.24, 2.45) is 0 Å². The molecule has 1 aromatic carbocycles. The summed E-state index contributed by atoms with van der Waals surface area (Å²) >= 11 is 0. The fraction of sp³-hybridized carbons (Fsp3) is 0.438. The van der Waals surface area contributed by atoms with E-state index in [0.29, 0.717) is 31.8 Å². The largest absolute Gasteiger partial charge is 0.494 e. The van der Waals surface area contributed by atoms with Crippen molar-refractivity contribution in [3.63, 3.8) is 0 Å². The number of carbonyl (C=O) groups is 1. The lowest BCUT2D eigenvalue weighted by atomic mass is 10.1. The standard InChI is InChI=1S/C16H23NO3/c1-4-8-17(9-10-18)12-15-11-14(13(3)19)6-7-16(15)20-5-2/h4,6-7,11,18H,1,5,8-10,12H2,2-3H3. The fourth-order valence-electron chi connectivity index (χ4n) is 2.02. The lowest BCUT2D eigenvalue weighted by molar-refractivity contribution is 0.101. The maximum Gasteiger partial charge on any atom is 0.159 e. The second kappa shape index (κ2) is 8.51. The molecule has 0 fully saturated rings. The Morgan fingerprint density at radius 2 is 2.25 bits per heavy atom. The Bertz CT molecular complexity index is 457. The second-order valence-electron chi connectivity index (χ2n) is 4.56. The van der Waals surface area contributed by atoms with Crippen LogP contribution in [0, 0.1) is 0 Å². The number of ketones is 1. The number of Topliss-reactive ketones (excluding diaryl/α,β-unsaturated/α-hetero) is 1. The Hall–Kier alpha value is -1.65. The van der Waals surface area contributed by atoms with Crippen LogP contribution in [0.2, 0.25) is 0 Å². The van der Waals surface area contributed by atoms with Crippen LogP contribution in [0.15, 0.2) is 30.9 Å². The van der Waals surface area contributed by atoms with Gasteiger partial charge in [0, 0.05) is 30.8 Å². The highest BCUT2D eigenvalue weighted by Crippen LogP contribution is 2.22. The van der Waals surface area contributed by atoms with Crippen molar-refractivity contribution in [2.75, 3.05) is 26.3 Å². The van der Waals surface area contributed by atoms with E-state index < -0.39 is 0 Å². The first-order chi connectivity index (χ1) is 9.62. The van der Waals surface area contributed by atoms with Crippen LogP contribution in [0.5, 0.6) is 5.75 Å². The van der Waals surface area contributed by atoms with Crippen LogP contribution >= 0.6 is 0 Å². The summed E-state index contributed by atoms with van der Waals surface area (Å²) in [7, 11) is 0. The average molecular weight is 277 g/mol. The highest BCUT2D eigenvalue weighted by atomic mass is 16.5. The minimum atomic E-state index is 0.0340. The topological polar surface area (TPSA) is 49.8 Å². The molecule has 0 atom stereocenters. The lowest BCUT2D eigenvalue weighted by Gasteiger charge is -2.21. The molecule has 0 aliphatic rings. The van der Waals surface area contributed by atoms with Gasteiger partial charge in [-0.3, -0.25) is 9.69 Å². The van der Waals surface area contributed by atoms with Crippen LogP contribution in [0.1, 0.15) is 29.8 Å². The molecule has 110 valence electrons.